The van der Waals surface area contributed by atoms with E-state index in [1.807, 2.05) is 19.2 Å². The normalized spacial score (nSPS) is 10.4. The van der Waals surface area contributed by atoms with Crippen LogP contribution in [-0.4, -0.2) is 27.3 Å². The fourth-order valence-corrected chi connectivity index (χ4v) is 2.19. The number of benzene rings is 1. The van der Waals surface area contributed by atoms with Crippen molar-refractivity contribution in [1.82, 2.24) is 0 Å². The van der Waals surface area contributed by atoms with Crippen molar-refractivity contribution in [3.05, 3.63) is 28.2 Å². The molecule has 0 heterocycles. The van der Waals surface area contributed by atoms with Gasteiger partial charge in [-0.2, -0.15) is 0 Å². The molecule has 0 atom stereocenters. The van der Waals surface area contributed by atoms with Crippen molar-refractivity contribution >= 4 is 33.2 Å². The molecule has 0 aliphatic rings. The molecule has 0 aliphatic heterocycles. The monoisotopic (exact) mass is 291 g/mol. The minimum absolute atomic E-state index is 0.542. The first kappa shape index (κ1) is 12.8. The molecule has 0 N–H and O–H groups in total. The Bertz CT molecular complexity index is 319. The van der Waals surface area contributed by atoms with E-state index in [9.17, 15) is 0 Å². The number of halogens is 2. The van der Waals surface area contributed by atoms with Crippen molar-refractivity contribution in [3.8, 4) is 0 Å². The second-order valence-corrected chi connectivity index (χ2v) is 4.46. The molecule has 84 valence electrons. The van der Waals surface area contributed by atoms with Crippen molar-refractivity contribution in [2.45, 2.75) is 5.88 Å². The van der Waals surface area contributed by atoms with E-state index in [0.29, 0.717) is 5.88 Å². The van der Waals surface area contributed by atoms with Gasteiger partial charge in [0.15, 0.2) is 0 Å². The summed E-state index contributed by atoms with van der Waals surface area (Å²) in [4.78, 5) is 2.14. The van der Waals surface area contributed by atoms with Crippen molar-refractivity contribution in [1.29, 1.82) is 0 Å². The summed E-state index contributed by atoms with van der Waals surface area (Å²) in [6, 6.07) is 6.15. The van der Waals surface area contributed by atoms with E-state index in [1.54, 1.807) is 7.11 Å². The van der Waals surface area contributed by atoms with Crippen molar-refractivity contribution in [3.63, 3.8) is 0 Å². The van der Waals surface area contributed by atoms with Gasteiger partial charge in [0.1, 0.15) is 0 Å². The lowest BCUT2D eigenvalue weighted by Gasteiger charge is -2.20. The van der Waals surface area contributed by atoms with Crippen LogP contribution in [-0.2, 0) is 10.6 Å². The average molecular weight is 293 g/mol. The maximum Gasteiger partial charge on any atom is 0.0637 e. The van der Waals surface area contributed by atoms with Crippen LogP contribution in [0.25, 0.3) is 0 Å². The molecule has 1 aromatic rings. The highest BCUT2D eigenvalue weighted by Gasteiger charge is 2.05. The Morgan fingerprint density at radius 2 is 2.20 bits per heavy atom. The third kappa shape index (κ3) is 3.67. The SMILES string of the molecule is COCCN(C)c1ccc(CCl)cc1Br. The Morgan fingerprint density at radius 3 is 2.73 bits per heavy atom. The molecule has 0 aromatic heterocycles. The lowest BCUT2D eigenvalue weighted by Crippen LogP contribution is -2.22. The molecule has 0 saturated carbocycles. The molecule has 1 rings (SSSR count). The van der Waals surface area contributed by atoms with Gasteiger partial charge in [0.25, 0.3) is 0 Å². The van der Waals surface area contributed by atoms with Crippen LogP contribution in [0.15, 0.2) is 22.7 Å². The van der Waals surface area contributed by atoms with Gasteiger partial charge >= 0.3 is 0 Å². The maximum absolute atomic E-state index is 5.76. The minimum Gasteiger partial charge on any atom is -0.383 e. The maximum atomic E-state index is 5.76. The van der Waals surface area contributed by atoms with Gasteiger partial charge in [-0.3, -0.25) is 0 Å². The zero-order valence-electron chi connectivity index (χ0n) is 8.96. The van der Waals surface area contributed by atoms with Crippen LogP contribution in [0.5, 0.6) is 0 Å². The molecule has 4 heteroatoms. The smallest absolute Gasteiger partial charge is 0.0637 e. The summed E-state index contributed by atoms with van der Waals surface area (Å²) in [5, 5.41) is 0. The molecule has 0 fully saturated rings. The molecule has 15 heavy (non-hydrogen) atoms. The van der Waals surface area contributed by atoms with E-state index in [1.165, 1.54) is 0 Å². The van der Waals surface area contributed by atoms with Gasteiger partial charge < -0.3 is 9.64 Å². The molecule has 0 saturated heterocycles. The number of methoxy groups -OCH3 is 1. The lowest BCUT2D eigenvalue weighted by atomic mass is 10.2. The van der Waals surface area contributed by atoms with E-state index in [2.05, 4.69) is 26.9 Å². The quantitative estimate of drug-likeness (QED) is 0.772. The first-order chi connectivity index (χ1) is 7.19. The van der Waals surface area contributed by atoms with E-state index >= 15 is 0 Å². The highest BCUT2D eigenvalue weighted by Crippen LogP contribution is 2.26. The Balaban J connectivity index is 2.76. The standard InChI is InChI=1S/C11H15BrClNO/c1-14(5-6-15-2)11-4-3-9(8-13)7-10(11)12/h3-4,7H,5-6,8H2,1-2H3. The Labute approximate surface area is 104 Å². The van der Waals surface area contributed by atoms with Gasteiger partial charge in [-0.25, -0.2) is 0 Å². The molecule has 1 aromatic carbocycles. The second-order valence-electron chi connectivity index (χ2n) is 3.33. The second kappa shape index (κ2) is 6.36. The van der Waals surface area contributed by atoms with Crippen molar-refractivity contribution in [2.24, 2.45) is 0 Å². The number of likely N-dealkylation sites (N-methyl/N-ethyl adjacent to an activating group) is 1. The minimum atomic E-state index is 0.542. The molecule has 0 unspecified atom stereocenters. The molecule has 0 amide bonds. The number of rotatable bonds is 5. The van der Waals surface area contributed by atoms with Gasteiger partial charge in [-0.15, -0.1) is 11.6 Å². The molecule has 0 aliphatic carbocycles. The van der Waals surface area contributed by atoms with E-state index in [4.69, 9.17) is 16.3 Å². The Hall–Kier alpha value is -0.250. The molecule has 2 nitrogen and oxygen atoms in total. The van der Waals surface area contributed by atoms with Crippen LogP contribution < -0.4 is 4.90 Å². The summed E-state index contributed by atoms with van der Waals surface area (Å²) in [6.45, 7) is 1.59. The van der Waals surface area contributed by atoms with E-state index < -0.39 is 0 Å². The predicted octanol–water partition coefficient (Wildman–Crippen LogP) is 3.27. The van der Waals surface area contributed by atoms with Crippen LogP contribution in [0.2, 0.25) is 0 Å². The zero-order chi connectivity index (χ0) is 11.3. The summed E-state index contributed by atoms with van der Waals surface area (Å²) < 4.78 is 6.11. The molecular weight excluding hydrogens is 277 g/mol. The number of hydrogen-bond donors (Lipinski definition) is 0. The van der Waals surface area contributed by atoms with Gasteiger partial charge in [0.05, 0.1) is 12.3 Å². The average Bonchev–Trinajstić information content (AvgIpc) is 2.25. The van der Waals surface area contributed by atoms with Crippen LogP contribution >= 0.6 is 27.5 Å². The molecule has 0 spiro atoms. The number of nitrogens with zero attached hydrogens (tertiary/aromatic N) is 1. The van der Waals surface area contributed by atoms with Crippen LogP contribution in [0.1, 0.15) is 5.56 Å². The number of ether oxygens (including phenoxy) is 1. The number of alkyl halides is 1. The Morgan fingerprint density at radius 1 is 1.47 bits per heavy atom. The largest absolute Gasteiger partial charge is 0.383 e. The van der Waals surface area contributed by atoms with Crippen LogP contribution in [0.4, 0.5) is 5.69 Å². The predicted molar refractivity (Wildman–Crippen MR) is 68.8 cm³/mol. The zero-order valence-corrected chi connectivity index (χ0v) is 11.3. The van der Waals surface area contributed by atoms with Gasteiger partial charge in [0.2, 0.25) is 0 Å². The van der Waals surface area contributed by atoms with Crippen LogP contribution in [0, 0.1) is 0 Å². The van der Waals surface area contributed by atoms with Crippen molar-refractivity contribution < 1.29 is 4.74 Å². The third-order valence-corrected chi connectivity index (χ3v) is 3.15. The number of anilines is 1. The summed E-state index contributed by atoms with van der Waals surface area (Å²) >= 11 is 9.30. The molecule has 0 radical (unpaired) electrons. The molecular formula is C11H15BrClNO. The van der Waals surface area contributed by atoms with Crippen molar-refractivity contribution in [2.75, 3.05) is 32.2 Å². The first-order valence-corrected chi connectivity index (χ1v) is 6.06. The van der Waals surface area contributed by atoms with E-state index in [-0.39, 0.29) is 0 Å². The number of hydrogen-bond acceptors (Lipinski definition) is 2. The summed E-state index contributed by atoms with van der Waals surface area (Å²) in [5.74, 6) is 0.542. The van der Waals surface area contributed by atoms with Gasteiger partial charge in [-0.05, 0) is 33.6 Å². The summed E-state index contributed by atoms with van der Waals surface area (Å²) in [5.41, 5.74) is 2.27. The first-order valence-electron chi connectivity index (χ1n) is 4.73. The summed E-state index contributed by atoms with van der Waals surface area (Å²) in [6.07, 6.45) is 0. The van der Waals surface area contributed by atoms with Crippen LogP contribution in [0.3, 0.4) is 0 Å². The highest BCUT2D eigenvalue weighted by atomic mass is 79.9. The molecule has 0 bridgehead atoms. The fraction of sp³-hybridized carbons (Fsp3) is 0.455. The Kier molecular flexibility index (Phi) is 5.43. The highest BCUT2D eigenvalue weighted by molar-refractivity contribution is 9.10. The van der Waals surface area contributed by atoms with Gasteiger partial charge in [-0.1, -0.05) is 6.07 Å². The van der Waals surface area contributed by atoms with Gasteiger partial charge in [0, 0.05) is 31.1 Å². The third-order valence-electron chi connectivity index (χ3n) is 2.21. The van der Waals surface area contributed by atoms with E-state index in [0.717, 1.165) is 28.9 Å². The summed E-state index contributed by atoms with van der Waals surface area (Å²) in [7, 11) is 3.75. The fourth-order valence-electron chi connectivity index (χ4n) is 1.29. The lowest BCUT2D eigenvalue weighted by molar-refractivity contribution is 0.206. The topological polar surface area (TPSA) is 12.5 Å².